The second-order valence-corrected chi connectivity index (χ2v) is 7.08. The normalized spacial score (nSPS) is 11.5. The number of hydrogen-bond acceptors (Lipinski definition) is 4. The summed E-state index contributed by atoms with van der Waals surface area (Å²) in [5.41, 5.74) is 1.29. The van der Waals surface area contributed by atoms with Crippen LogP contribution in [0.25, 0.3) is 0 Å². The van der Waals surface area contributed by atoms with Crippen molar-refractivity contribution in [2.45, 2.75) is 18.4 Å². The van der Waals surface area contributed by atoms with Crippen LogP contribution in [-0.2, 0) is 16.6 Å². The first kappa shape index (κ1) is 14.3. The summed E-state index contributed by atoms with van der Waals surface area (Å²) in [4.78, 5) is 0.716. The van der Waals surface area contributed by atoms with Gasteiger partial charge in [0.05, 0.1) is 22.2 Å². The van der Waals surface area contributed by atoms with Crippen LogP contribution < -0.4 is 4.72 Å². The molecule has 0 unspecified atom stereocenters. The van der Waals surface area contributed by atoms with Crippen molar-refractivity contribution < 1.29 is 13.5 Å². The van der Waals surface area contributed by atoms with Crippen molar-refractivity contribution in [2.75, 3.05) is 4.72 Å². The first-order valence-electron chi connectivity index (χ1n) is 5.39. The number of aliphatic hydroxyl groups excluding tert-OH is 1. The van der Waals surface area contributed by atoms with Crippen molar-refractivity contribution in [2.24, 2.45) is 0 Å². The van der Waals surface area contributed by atoms with E-state index >= 15 is 0 Å². The fourth-order valence-corrected chi connectivity index (χ4v) is 4.04. The van der Waals surface area contributed by atoms with Crippen LogP contribution in [-0.4, -0.2) is 13.5 Å². The molecule has 0 spiro atoms. The van der Waals surface area contributed by atoms with E-state index in [2.05, 4.69) is 4.72 Å². The highest BCUT2D eigenvalue weighted by Crippen LogP contribution is 2.27. The van der Waals surface area contributed by atoms with Crippen molar-refractivity contribution in [3.8, 4) is 0 Å². The highest BCUT2D eigenvalue weighted by Gasteiger charge is 2.17. The van der Waals surface area contributed by atoms with Gasteiger partial charge in [-0.3, -0.25) is 4.72 Å². The Morgan fingerprint density at radius 1 is 1.37 bits per heavy atom. The summed E-state index contributed by atoms with van der Waals surface area (Å²) < 4.78 is 26.7. The van der Waals surface area contributed by atoms with Gasteiger partial charge in [0.2, 0.25) is 0 Å². The molecule has 19 heavy (non-hydrogen) atoms. The molecule has 102 valence electrons. The van der Waals surface area contributed by atoms with Gasteiger partial charge in [-0.2, -0.15) is 0 Å². The molecule has 0 fully saturated rings. The zero-order valence-corrected chi connectivity index (χ0v) is 12.4. The molecule has 0 aliphatic heterocycles. The Hall–Kier alpha value is -1.08. The molecule has 1 aromatic carbocycles. The van der Waals surface area contributed by atoms with Crippen LogP contribution in [0, 0.1) is 6.92 Å². The third kappa shape index (κ3) is 3.27. The molecule has 1 aromatic heterocycles. The van der Waals surface area contributed by atoms with Crippen LogP contribution in [0.3, 0.4) is 0 Å². The van der Waals surface area contributed by atoms with Crippen LogP contribution >= 0.6 is 22.9 Å². The fraction of sp³-hybridized carbons (Fsp3) is 0.167. The van der Waals surface area contributed by atoms with Crippen LogP contribution in [0.1, 0.15) is 10.4 Å². The Bertz CT molecular complexity index is 695. The molecular formula is C12H12ClNO3S2. The van der Waals surface area contributed by atoms with Gasteiger partial charge >= 0.3 is 0 Å². The van der Waals surface area contributed by atoms with E-state index in [1.807, 2.05) is 6.92 Å². The van der Waals surface area contributed by atoms with E-state index in [9.17, 15) is 8.42 Å². The lowest BCUT2D eigenvalue weighted by Gasteiger charge is -2.08. The molecule has 2 aromatic rings. The summed E-state index contributed by atoms with van der Waals surface area (Å²) in [6.45, 7) is 1.70. The lowest BCUT2D eigenvalue weighted by atomic mass is 10.2. The fourth-order valence-electron chi connectivity index (χ4n) is 1.49. The lowest BCUT2D eigenvalue weighted by Crippen LogP contribution is -2.12. The van der Waals surface area contributed by atoms with Gasteiger partial charge in [-0.25, -0.2) is 8.42 Å². The molecule has 0 atom stereocenters. The van der Waals surface area contributed by atoms with Crippen molar-refractivity contribution in [3.05, 3.63) is 45.1 Å². The third-order valence-corrected chi connectivity index (χ3v) is 5.19. The summed E-state index contributed by atoms with van der Waals surface area (Å²) in [7, 11) is -3.67. The second-order valence-electron chi connectivity index (χ2n) is 4.00. The van der Waals surface area contributed by atoms with E-state index in [0.717, 1.165) is 5.56 Å². The maximum absolute atomic E-state index is 12.1. The van der Waals surface area contributed by atoms with Crippen LogP contribution in [0.4, 0.5) is 5.69 Å². The van der Waals surface area contributed by atoms with Gasteiger partial charge in [-0.15, -0.1) is 11.3 Å². The second kappa shape index (κ2) is 5.50. The monoisotopic (exact) mass is 317 g/mol. The van der Waals surface area contributed by atoms with Gasteiger partial charge in [-0.05, 0) is 30.7 Å². The maximum Gasteiger partial charge on any atom is 0.262 e. The molecule has 1 heterocycles. The number of sulfonamides is 1. The molecule has 0 amide bonds. The lowest BCUT2D eigenvalue weighted by molar-refractivity contribution is 0.285. The van der Waals surface area contributed by atoms with Gasteiger partial charge in [-0.1, -0.05) is 17.7 Å². The smallest absolute Gasteiger partial charge is 0.262 e. The standard InChI is InChI=1S/C12H12ClNO3S2/c1-8-2-3-12(11(13)4-8)14-19(16,17)10-5-9(6-15)18-7-10/h2-5,7,14-15H,6H2,1H3. The number of aliphatic hydroxyl groups is 1. The van der Waals surface area contributed by atoms with Gasteiger partial charge < -0.3 is 5.11 Å². The summed E-state index contributed by atoms with van der Waals surface area (Å²) in [5, 5.41) is 10.8. The highest BCUT2D eigenvalue weighted by molar-refractivity contribution is 7.92. The minimum Gasteiger partial charge on any atom is -0.391 e. The molecule has 4 nitrogen and oxygen atoms in total. The number of rotatable bonds is 4. The van der Waals surface area contributed by atoms with Gasteiger partial charge in [0.15, 0.2) is 0 Å². The van der Waals surface area contributed by atoms with Crippen molar-refractivity contribution in [1.29, 1.82) is 0 Å². The predicted octanol–water partition coefficient (Wildman–Crippen LogP) is 3.00. The Kier molecular flexibility index (Phi) is 4.15. The summed E-state index contributed by atoms with van der Waals surface area (Å²) in [6.07, 6.45) is 0. The zero-order valence-electron chi connectivity index (χ0n) is 10.1. The molecule has 0 saturated carbocycles. The van der Waals surface area contributed by atoms with Gasteiger partial charge in [0.25, 0.3) is 10.0 Å². The molecule has 0 bridgehead atoms. The number of hydrogen-bond donors (Lipinski definition) is 2. The summed E-state index contributed by atoms with van der Waals surface area (Å²) in [5.74, 6) is 0. The number of aryl methyl sites for hydroxylation is 1. The molecule has 2 N–H and O–H groups in total. The molecule has 2 rings (SSSR count). The first-order chi connectivity index (χ1) is 8.92. The molecule has 0 radical (unpaired) electrons. The Labute approximate surface area is 120 Å². The highest BCUT2D eigenvalue weighted by atomic mass is 35.5. The molecule has 0 saturated heterocycles. The quantitative estimate of drug-likeness (QED) is 0.911. The van der Waals surface area contributed by atoms with Crippen molar-refractivity contribution in [1.82, 2.24) is 0 Å². The van der Waals surface area contributed by atoms with E-state index in [1.54, 1.807) is 18.2 Å². The topological polar surface area (TPSA) is 66.4 Å². The summed E-state index contributed by atoms with van der Waals surface area (Å²) >= 11 is 7.18. The van der Waals surface area contributed by atoms with Gasteiger partial charge in [0, 0.05) is 10.3 Å². The van der Waals surface area contributed by atoms with E-state index in [4.69, 9.17) is 16.7 Å². The Morgan fingerprint density at radius 3 is 2.68 bits per heavy atom. The van der Waals surface area contributed by atoms with Gasteiger partial charge in [0.1, 0.15) is 0 Å². The largest absolute Gasteiger partial charge is 0.391 e. The zero-order chi connectivity index (χ0) is 14.0. The molecular weight excluding hydrogens is 306 g/mol. The number of halogens is 1. The Balaban J connectivity index is 2.30. The number of thiophene rings is 1. The number of nitrogens with one attached hydrogen (secondary N) is 1. The van der Waals surface area contributed by atoms with Crippen molar-refractivity contribution in [3.63, 3.8) is 0 Å². The number of benzene rings is 1. The van der Waals surface area contributed by atoms with Crippen LogP contribution in [0.15, 0.2) is 34.5 Å². The SMILES string of the molecule is Cc1ccc(NS(=O)(=O)c2csc(CO)c2)c(Cl)c1. The van der Waals surface area contributed by atoms with E-state index < -0.39 is 10.0 Å². The van der Waals surface area contributed by atoms with Crippen LogP contribution in [0.2, 0.25) is 5.02 Å². The average Bonchev–Trinajstić information content (AvgIpc) is 2.82. The van der Waals surface area contributed by atoms with Crippen LogP contribution in [0.5, 0.6) is 0 Å². The predicted molar refractivity (Wildman–Crippen MR) is 77.2 cm³/mol. The van der Waals surface area contributed by atoms with E-state index in [-0.39, 0.29) is 11.5 Å². The maximum atomic E-state index is 12.1. The number of anilines is 1. The molecule has 0 aliphatic rings. The first-order valence-corrected chi connectivity index (χ1v) is 8.14. The average molecular weight is 318 g/mol. The Morgan fingerprint density at radius 2 is 2.11 bits per heavy atom. The third-order valence-electron chi connectivity index (χ3n) is 2.46. The van der Waals surface area contributed by atoms with E-state index in [0.29, 0.717) is 15.6 Å². The molecule has 7 heteroatoms. The molecule has 0 aliphatic carbocycles. The minimum atomic E-state index is -3.67. The minimum absolute atomic E-state index is 0.123. The van der Waals surface area contributed by atoms with Crippen molar-refractivity contribution >= 4 is 38.6 Å². The van der Waals surface area contributed by atoms with E-state index in [1.165, 1.54) is 22.8 Å². The summed E-state index contributed by atoms with van der Waals surface area (Å²) in [6, 6.07) is 6.52.